The Morgan fingerprint density at radius 3 is 2.65 bits per heavy atom. The Hall–Kier alpha value is -1.10. The molecule has 1 heterocycles. The number of ether oxygens (including phenoxy) is 2. The van der Waals surface area contributed by atoms with Crippen molar-refractivity contribution in [3.63, 3.8) is 0 Å². The van der Waals surface area contributed by atoms with E-state index < -0.39 is 18.2 Å². The highest BCUT2D eigenvalue weighted by molar-refractivity contribution is 14.1. The van der Waals surface area contributed by atoms with Crippen molar-refractivity contribution in [2.45, 2.75) is 26.3 Å². The summed E-state index contributed by atoms with van der Waals surface area (Å²) >= 11 is 1.66. The van der Waals surface area contributed by atoms with Crippen LogP contribution in [0.2, 0.25) is 0 Å². The SMILES string of the molecule is CCOC(=O)Cc1cc(CN)c(I)c(OC(F)(F)F)n1. The number of esters is 1. The zero-order valence-corrected chi connectivity index (χ0v) is 12.6. The van der Waals surface area contributed by atoms with Gasteiger partial charge in [-0.3, -0.25) is 4.79 Å². The number of rotatable bonds is 5. The molecular formula is C11H12F3IN2O3. The summed E-state index contributed by atoms with van der Waals surface area (Å²) in [6, 6.07) is 1.46. The van der Waals surface area contributed by atoms with Gasteiger partial charge in [-0.2, -0.15) is 0 Å². The Morgan fingerprint density at radius 2 is 2.15 bits per heavy atom. The number of aromatic nitrogens is 1. The number of alkyl halides is 3. The summed E-state index contributed by atoms with van der Waals surface area (Å²) in [7, 11) is 0. The molecule has 0 unspecified atom stereocenters. The number of carbonyl (C=O) groups excluding carboxylic acids is 1. The first-order chi connectivity index (χ1) is 9.26. The average Bonchev–Trinajstić information content (AvgIpc) is 2.31. The molecule has 0 bridgehead atoms. The van der Waals surface area contributed by atoms with Crippen molar-refractivity contribution in [1.29, 1.82) is 0 Å². The molecule has 112 valence electrons. The molecule has 5 nitrogen and oxygen atoms in total. The molecular weight excluding hydrogens is 392 g/mol. The van der Waals surface area contributed by atoms with E-state index in [-0.39, 0.29) is 28.8 Å². The lowest BCUT2D eigenvalue weighted by molar-refractivity contribution is -0.276. The molecule has 1 rings (SSSR count). The first kappa shape index (κ1) is 17.0. The van der Waals surface area contributed by atoms with Gasteiger partial charge in [-0.15, -0.1) is 13.2 Å². The lowest BCUT2D eigenvalue weighted by Crippen LogP contribution is -2.20. The summed E-state index contributed by atoms with van der Waals surface area (Å²) < 4.78 is 45.6. The van der Waals surface area contributed by atoms with Crippen molar-refractivity contribution in [2.24, 2.45) is 5.73 Å². The van der Waals surface area contributed by atoms with Crippen LogP contribution in [0.15, 0.2) is 6.07 Å². The second kappa shape index (κ2) is 7.07. The fraction of sp³-hybridized carbons (Fsp3) is 0.455. The van der Waals surface area contributed by atoms with E-state index in [1.807, 2.05) is 0 Å². The average molecular weight is 404 g/mol. The first-order valence-corrected chi connectivity index (χ1v) is 6.64. The zero-order chi connectivity index (χ0) is 15.3. The number of halogens is 4. The fourth-order valence-corrected chi connectivity index (χ4v) is 2.00. The number of nitrogens with two attached hydrogens (primary N) is 1. The van der Waals surface area contributed by atoms with Crippen molar-refractivity contribution in [3.05, 3.63) is 20.9 Å². The summed E-state index contributed by atoms with van der Waals surface area (Å²) in [5.74, 6) is -1.19. The number of carbonyl (C=O) groups is 1. The molecule has 0 aliphatic carbocycles. The quantitative estimate of drug-likeness (QED) is 0.602. The van der Waals surface area contributed by atoms with E-state index in [4.69, 9.17) is 10.5 Å². The third-order valence-corrected chi connectivity index (χ3v) is 3.27. The minimum atomic E-state index is -4.86. The van der Waals surface area contributed by atoms with Crippen LogP contribution in [0.3, 0.4) is 0 Å². The van der Waals surface area contributed by atoms with Crippen LogP contribution >= 0.6 is 22.6 Å². The number of nitrogens with zero attached hydrogens (tertiary/aromatic N) is 1. The van der Waals surface area contributed by atoms with Crippen molar-refractivity contribution in [1.82, 2.24) is 4.98 Å². The topological polar surface area (TPSA) is 74.4 Å². The standard InChI is InChI=1S/C11H12F3IN2O3/c1-2-19-8(18)4-7-3-6(5-16)9(15)10(17-7)20-11(12,13)14/h3H,2,4-5,16H2,1H3. The second-order valence-electron chi connectivity index (χ2n) is 3.63. The van der Waals surface area contributed by atoms with E-state index >= 15 is 0 Å². The maximum absolute atomic E-state index is 12.3. The Bertz CT molecular complexity index is 495. The van der Waals surface area contributed by atoms with E-state index in [1.165, 1.54) is 6.07 Å². The zero-order valence-electron chi connectivity index (χ0n) is 10.5. The van der Waals surface area contributed by atoms with Gasteiger partial charge in [0.1, 0.15) is 0 Å². The normalized spacial score (nSPS) is 11.3. The van der Waals surface area contributed by atoms with Gasteiger partial charge < -0.3 is 15.2 Å². The van der Waals surface area contributed by atoms with Gasteiger partial charge in [0.15, 0.2) is 0 Å². The summed E-state index contributed by atoms with van der Waals surface area (Å²) in [4.78, 5) is 15.0. The molecule has 1 aromatic heterocycles. The minimum absolute atomic E-state index is 0.00480. The number of hydrogen-bond donors (Lipinski definition) is 1. The molecule has 0 saturated heterocycles. The number of hydrogen-bond acceptors (Lipinski definition) is 5. The lowest BCUT2D eigenvalue weighted by Gasteiger charge is -2.13. The van der Waals surface area contributed by atoms with Gasteiger partial charge in [0.2, 0.25) is 5.88 Å². The molecule has 1 aromatic rings. The van der Waals surface area contributed by atoms with Crippen LogP contribution in [0.4, 0.5) is 13.2 Å². The van der Waals surface area contributed by atoms with Gasteiger partial charge in [-0.25, -0.2) is 4.98 Å². The summed E-state index contributed by atoms with van der Waals surface area (Å²) in [5.41, 5.74) is 5.99. The molecule has 9 heteroatoms. The molecule has 20 heavy (non-hydrogen) atoms. The highest BCUT2D eigenvalue weighted by Crippen LogP contribution is 2.28. The third kappa shape index (κ3) is 5.12. The van der Waals surface area contributed by atoms with Crippen LogP contribution in [0.25, 0.3) is 0 Å². The van der Waals surface area contributed by atoms with Crippen molar-refractivity contribution >= 4 is 28.6 Å². The van der Waals surface area contributed by atoms with E-state index in [9.17, 15) is 18.0 Å². The van der Waals surface area contributed by atoms with E-state index in [1.54, 1.807) is 29.5 Å². The summed E-state index contributed by atoms with van der Waals surface area (Å²) in [6.07, 6.45) is -5.10. The predicted octanol–water partition coefficient (Wildman–Crippen LogP) is 2.15. The molecule has 0 amide bonds. The predicted molar refractivity (Wildman–Crippen MR) is 71.9 cm³/mol. The van der Waals surface area contributed by atoms with Crippen LogP contribution in [0, 0.1) is 3.57 Å². The highest BCUT2D eigenvalue weighted by atomic mass is 127. The maximum Gasteiger partial charge on any atom is 0.574 e. The van der Waals surface area contributed by atoms with Gasteiger partial charge >= 0.3 is 12.3 Å². The molecule has 2 N–H and O–H groups in total. The van der Waals surface area contributed by atoms with Crippen molar-refractivity contribution in [2.75, 3.05) is 6.61 Å². The first-order valence-electron chi connectivity index (χ1n) is 5.56. The van der Waals surface area contributed by atoms with Crippen LogP contribution in [0.5, 0.6) is 5.88 Å². The van der Waals surface area contributed by atoms with Gasteiger partial charge in [-0.1, -0.05) is 0 Å². The van der Waals surface area contributed by atoms with E-state index in [2.05, 4.69) is 9.72 Å². The summed E-state index contributed by atoms with van der Waals surface area (Å²) in [6.45, 7) is 1.81. The highest BCUT2D eigenvalue weighted by Gasteiger charge is 2.33. The Balaban J connectivity index is 3.08. The largest absolute Gasteiger partial charge is 0.574 e. The van der Waals surface area contributed by atoms with E-state index in [0.717, 1.165) is 0 Å². The number of pyridine rings is 1. The Labute approximate surface area is 126 Å². The molecule has 0 radical (unpaired) electrons. The molecule has 0 saturated carbocycles. The van der Waals surface area contributed by atoms with Gasteiger partial charge in [0.25, 0.3) is 0 Å². The van der Waals surface area contributed by atoms with E-state index in [0.29, 0.717) is 5.56 Å². The molecule has 0 spiro atoms. The Morgan fingerprint density at radius 1 is 1.50 bits per heavy atom. The molecule has 0 fully saturated rings. The smallest absolute Gasteiger partial charge is 0.466 e. The van der Waals surface area contributed by atoms with Crippen molar-refractivity contribution < 1.29 is 27.4 Å². The minimum Gasteiger partial charge on any atom is -0.466 e. The van der Waals surface area contributed by atoms with Crippen LogP contribution in [-0.4, -0.2) is 23.9 Å². The Kier molecular flexibility index (Phi) is 5.99. The van der Waals surface area contributed by atoms with Crippen LogP contribution < -0.4 is 10.5 Å². The van der Waals surface area contributed by atoms with Gasteiger partial charge in [0, 0.05) is 6.54 Å². The molecule has 0 aromatic carbocycles. The monoisotopic (exact) mass is 404 g/mol. The van der Waals surface area contributed by atoms with Crippen LogP contribution in [0.1, 0.15) is 18.2 Å². The molecule has 0 atom stereocenters. The lowest BCUT2D eigenvalue weighted by atomic mass is 10.2. The fourth-order valence-electron chi connectivity index (χ4n) is 1.39. The van der Waals surface area contributed by atoms with Gasteiger partial charge in [-0.05, 0) is 41.1 Å². The summed E-state index contributed by atoms with van der Waals surface area (Å²) in [5, 5.41) is 0. The maximum atomic E-state index is 12.3. The molecule has 0 aliphatic rings. The second-order valence-corrected chi connectivity index (χ2v) is 4.70. The van der Waals surface area contributed by atoms with Crippen molar-refractivity contribution in [3.8, 4) is 5.88 Å². The van der Waals surface area contributed by atoms with Crippen LogP contribution in [-0.2, 0) is 22.5 Å². The third-order valence-electron chi connectivity index (χ3n) is 2.12. The molecule has 0 aliphatic heterocycles. The van der Waals surface area contributed by atoms with Gasteiger partial charge in [0.05, 0.1) is 22.3 Å².